The van der Waals surface area contributed by atoms with Gasteiger partial charge < -0.3 is 15.0 Å². The molecule has 2 aliphatic rings. The third-order valence-corrected chi connectivity index (χ3v) is 7.95. The van der Waals surface area contributed by atoms with E-state index in [1.807, 2.05) is 17.5 Å². The van der Waals surface area contributed by atoms with Crippen molar-refractivity contribution in [3.05, 3.63) is 87.9 Å². The molecule has 38 heavy (non-hydrogen) atoms. The van der Waals surface area contributed by atoms with Gasteiger partial charge in [-0.15, -0.1) is 11.3 Å². The molecule has 0 bridgehead atoms. The molecule has 1 saturated heterocycles. The van der Waals surface area contributed by atoms with E-state index in [4.69, 9.17) is 4.74 Å². The van der Waals surface area contributed by atoms with Crippen molar-refractivity contribution in [1.29, 1.82) is 0 Å². The summed E-state index contributed by atoms with van der Waals surface area (Å²) in [7, 11) is 1.64. The van der Waals surface area contributed by atoms with E-state index in [1.165, 1.54) is 51.6 Å². The summed E-state index contributed by atoms with van der Waals surface area (Å²) in [5.74, 6) is -3.72. The number of carbonyl (C=O) groups excluding carboxylic acids is 2. The van der Waals surface area contributed by atoms with E-state index in [1.54, 1.807) is 14.0 Å². The van der Waals surface area contributed by atoms with Gasteiger partial charge in [-0.2, -0.15) is 5.10 Å². The van der Waals surface area contributed by atoms with Gasteiger partial charge in [-0.05, 0) is 48.2 Å². The van der Waals surface area contributed by atoms with Gasteiger partial charge in [-0.3, -0.25) is 9.59 Å². The summed E-state index contributed by atoms with van der Waals surface area (Å²) in [6.45, 7) is 2.18. The lowest BCUT2D eigenvalue weighted by Gasteiger charge is -2.38. The summed E-state index contributed by atoms with van der Waals surface area (Å²) in [5, 5.41) is 10.5. The van der Waals surface area contributed by atoms with Gasteiger partial charge in [0, 0.05) is 18.0 Å². The maximum atomic E-state index is 15.1. The molecular weight excluding hydrogens is 517 g/mol. The monoisotopic (exact) mass is 542 g/mol. The summed E-state index contributed by atoms with van der Waals surface area (Å²) in [4.78, 5) is 29.0. The van der Waals surface area contributed by atoms with Crippen molar-refractivity contribution in [1.82, 2.24) is 10.2 Å². The Kier molecular flexibility index (Phi) is 6.97. The van der Waals surface area contributed by atoms with E-state index < -0.39 is 34.8 Å². The summed E-state index contributed by atoms with van der Waals surface area (Å²) < 4.78 is 47.8. The standard InChI is InChI=1S/C27H25F3N4O3S/c1-27(26(36)31-13-23(35)33(2)19-14-37-15-19)24(22-4-3-11-38-22)25(16-5-7-17(28)8-6-16)32-34(27)21-10-9-18(29)12-20(21)30/h3-12,19,24H,13-15H2,1-2H3,(H,31,36). The third-order valence-electron chi connectivity index (χ3n) is 7.01. The zero-order valence-electron chi connectivity index (χ0n) is 20.7. The highest BCUT2D eigenvalue weighted by atomic mass is 32.1. The molecule has 5 rings (SSSR count). The van der Waals surface area contributed by atoms with Crippen molar-refractivity contribution in [2.75, 3.05) is 31.8 Å². The maximum Gasteiger partial charge on any atom is 0.249 e. The van der Waals surface area contributed by atoms with Gasteiger partial charge in [0.05, 0.1) is 43.1 Å². The molecule has 2 aliphatic heterocycles. The molecule has 0 saturated carbocycles. The minimum atomic E-state index is -1.56. The van der Waals surface area contributed by atoms with Gasteiger partial charge in [-0.25, -0.2) is 18.2 Å². The van der Waals surface area contributed by atoms with Gasteiger partial charge in [0.15, 0.2) is 11.4 Å². The molecule has 11 heteroatoms. The number of benzene rings is 2. The Hall–Kier alpha value is -3.70. The number of hydrazone groups is 1. The average molecular weight is 543 g/mol. The number of nitrogens with zero attached hydrogens (tertiary/aromatic N) is 3. The van der Waals surface area contributed by atoms with Crippen LogP contribution in [0.4, 0.5) is 18.9 Å². The summed E-state index contributed by atoms with van der Waals surface area (Å²) in [5.41, 5.74) is -0.734. The second-order valence-corrected chi connectivity index (χ2v) is 10.4. The first-order chi connectivity index (χ1) is 18.2. The second-order valence-electron chi connectivity index (χ2n) is 9.37. The van der Waals surface area contributed by atoms with E-state index in [0.717, 1.165) is 17.0 Å². The molecule has 198 valence electrons. The van der Waals surface area contributed by atoms with Crippen LogP contribution in [0.15, 0.2) is 65.1 Å². The van der Waals surface area contributed by atoms with Gasteiger partial charge in [0.25, 0.3) is 0 Å². The van der Waals surface area contributed by atoms with Crippen LogP contribution in [0.25, 0.3) is 0 Å². The Labute approximate surface area is 221 Å². The fourth-order valence-electron chi connectivity index (χ4n) is 4.66. The van der Waals surface area contributed by atoms with Crippen LogP contribution in [0.5, 0.6) is 0 Å². The van der Waals surface area contributed by atoms with Crippen LogP contribution < -0.4 is 10.3 Å². The smallest absolute Gasteiger partial charge is 0.249 e. The van der Waals surface area contributed by atoms with Gasteiger partial charge in [0.1, 0.15) is 11.6 Å². The lowest BCUT2D eigenvalue weighted by Crippen LogP contribution is -2.59. The number of hydrogen-bond acceptors (Lipinski definition) is 6. The number of thiophene rings is 1. The number of carbonyl (C=O) groups is 2. The number of anilines is 1. The number of amides is 2. The summed E-state index contributed by atoms with van der Waals surface area (Å²) >= 11 is 1.38. The number of nitrogens with one attached hydrogen (secondary N) is 1. The molecule has 1 fully saturated rings. The van der Waals surface area contributed by atoms with E-state index in [2.05, 4.69) is 10.4 Å². The molecule has 2 atom stereocenters. The van der Waals surface area contributed by atoms with Crippen molar-refractivity contribution in [3.63, 3.8) is 0 Å². The van der Waals surface area contributed by atoms with Crippen LogP contribution in [0.1, 0.15) is 23.3 Å². The van der Waals surface area contributed by atoms with E-state index in [0.29, 0.717) is 24.5 Å². The molecule has 3 aromatic rings. The number of likely N-dealkylation sites (N-methyl/N-ethyl adjacent to an activating group) is 1. The minimum Gasteiger partial charge on any atom is -0.377 e. The predicted molar refractivity (Wildman–Crippen MR) is 138 cm³/mol. The van der Waals surface area contributed by atoms with Crippen LogP contribution in [-0.2, 0) is 14.3 Å². The van der Waals surface area contributed by atoms with E-state index >= 15 is 4.39 Å². The number of halogens is 3. The molecule has 7 nitrogen and oxygen atoms in total. The second kappa shape index (κ2) is 10.2. The predicted octanol–water partition coefficient (Wildman–Crippen LogP) is 3.91. The lowest BCUT2D eigenvalue weighted by atomic mass is 9.78. The normalized spacial score (nSPS) is 21.1. The van der Waals surface area contributed by atoms with Crippen molar-refractivity contribution >= 4 is 34.6 Å². The molecule has 2 aromatic carbocycles. The topological polar surface area (TPSA) is 74.2 Å². The van der Waals surface area contributed by atoms with E-state index in [9.17, 15) is 18.4 Å². The molecule has 1 aromatic heterocycles. The molecule has 0 aliphatic carbocycles. The highest BCUT2D eigenvalue weighted by Gasteiger charge is 2.55. The molecule has 0 radical (unpaired) electrons. The van der Waals surface area contributed by atoms with Crippen molar-refractivity contribution in [2.24, 2.45) is 5.10 Å². The maximum absolute atomic E-state index is 15.1. The molecule has 1 N–H and O–H groups in total. The fraction of sp³-hybridized carbons (Fsp3) is 0.296. The molecule has 2 unspecified atom stereocenters. The first kappa shape index (κ1) is 25.9. The Morgan fingerprint density at radius 1 is 1.13 bits per heavy atom. The van der Waals surface area contributed by atoms with Crippen LogP contribution in [0.2, 0.25) is 0 Å². The van der Waals surface area contributed by atoms with Crippen LogP contribution in [-0.4, -0.2) is 60.8 Å². The van der Waals surface area contributed by atoms with Crippen LogP contribution in [0.3, 0.4) is 0 Å². The fourth-order valence-corrected chi connectivity index (χ4v) is 5.61. The highest BCUT2D eigenvalue weighted by molar-refractivity contribution is 7.10. The quantitative estimate of drug-likeness (QED) is 0.492. The van der Waals surface area contributed by atoms with Gasteiger partial charge in [-0.1, -0.05) is 18.2 Å². The Morgan fingerprint density at radius 3 is 2.45 bits per heavy atom. The zero-order valence-corrected chi connectivity index (χ0v) is 21.5. The Morgan fingerprint density at radius 2 is 1.84 bits per heavy atom. The van der Waals surface area contributed by atoms with Crippen molar-refractivity contribution < 1.29 is 27.5 Å². The van der Waals surface area contributed by atoms with Gasteiger partial charge in [0.2, 0.25) is 11.8 Å². The third kappa shape index (κ3) is 4.56. The van der Waals surface area contributed by atoms with Crippen LogP contribution >= 0.6 is 11.3 Å². The lowest BCUT2D eigenvalue weighted by molar-refractivity contribution is -0.142. The van der Waals surface area contributed by atoms with Crippen molar-refractivity contribution in [2.45, 2.75) is 24.4 Å². The summed E-state index contributed by atoms with van der Waals surface area (Å²) in [6, 6.07) is 12.3. The first-order valence-electron chi connectivity index (χ1n) is 11.9. The molecular formula is C27H25F3N4O3S. The van der Waals surface area contributed by atoms with Gasteiger partial charge >= 0.3 is 0 Å². The molecule has 0 spiro atoms. The minimum absolute atomic E-state index is 0.0569. The SMILES string of the molecule is CN(C(=O)CNC(=O)C1(C)C(c2cccs2)C(c2ccc(F)cc2)=NN1c1ccc(F)cc1F)C1COC1. The zero-order chi connectivity index (χ0) is 27.0. The highest BCUT2D eigenvalue weighted by Crippen LogP contribution is 2.46. The first-order valence-corrected chi connectivity index (χ1v) is 12.8. The molecule has 2 amide bonds. The average Bonchev–Trinajstić information content (AvgIpc) is 3.48. The Balaban J connectivity index is 1.57. The largest absolute Gasteiger partial charge is 0.377 e. The van der Waals surface area contributed by atoms with Crippen LogP contribution in [0, 0.1) is 17.5 Å². The summed E-state index contributed by atoms with van der Waals surface area (Å²) in [6.07, 6.45) is 0. The Bertz CT molecular complexity index is 1380. The van der Waals surface area contributed by atoms with E-state index in [-0.39, 0.29) is 24.2 Å². The van der Waals surface area contributed by atoms with Crippen molar-refractivity contribution in [3.8, 4) is 0 Å². The number of rotatable bonds is 7. The number of hydrogen-bond donors (Lipinski definition) is 1. The number of ether oxygens (including phenoxy) is 1. The molecule has 3 heterocycles.